The smallest absolute Gasteiger partial charge is 0.407 e. The number of carboxylic acid groups (broad SMARTS) is 1. The summed E-state index contributed by atoms with van der Waals surface area (Å²) in [6, 6.07) is 20.1. The third-order valence-corrected chi connectivity index (χ3v) is 8.10. The standard InChI is InChI=1S/C33H33N7O5/c1-38-14-12-25-28(32(38)43)30(35-24-5-3-2-4-6-24)29(36-25)23-11-13-34-26(20-23)37-27(41)19-21-7-9-22(10-8-21)31(42)39-15-17-40(18-16-39)33(44)45/h2-11,13,20,35-36H,12,14-19H2,1H3,(H,44,45)(H,34,37,41). The molecule has 0 atom stereocenters. The molecule has 4 amide bonds. The number of anilines is 3. The van der Waals surface area contributed by atoms with Crippen molar-refractivity contribution in [3.05, 3.63) is 95.3 Å². The average molecular weight is 608 g/mol. The average Bonchev–Trinajstić information content (AvgIpc) is 3.42. The van der Waals surface area contributed by atoms with Crippen LogP contribution in [-0.2, 0) is 17.6 Å². The summed E-state index contributed by atoms with van der Waals surface area (Å²) in [6.45, 7) is 1.85. The maximum Gasteiger partial charge on any atom is 0.407 e. The van der Waals surface area contributed by atoms with Crippen molar-refractivity contribution in [2.24, 2.45) is 0 Å². The molecule has 230 valence electrons. The van der Waals surface area contributed by atoms with Crippen LogP contribution >= 0.6 is 0 Å². The zero-order valence-electron chi connectivity index (χ0n) is 24.7. The molecule has 0 unspecified atom stereocenters. The lowest BCUT2D eigenvalue weighted by Gasteiger charge is -2.33. The Labute approximate surface area is 259 Å². The number of piperazine rings is 1. The third kappa shape index (κ3) is 6.35. The molecule has 4 aromatic rings. The normalized spacial score (nSPS) is 14.6. The van der Waals surface area contributed by atoms with E-state index in [1.54, 1.807) is 53.4 Å². The number of aromatic amines is 1. The molecule has 2 aliphatic rings. The summed E-state index contributed by atoms with van der Waals surface area (Å²) in [5, 5.41) is 15.4. The van der Waals surface area contributed by atoms with Gasteiger partial charge < -0.3 is 35.4 Å². The highest BCUT2D eigenvalue weighted by Crippen LogP contribution is 2.38. The van der Waals surface area contributed by atoms with Gasteiger partial charge in [-0.3, -0.25) is 14.4 Å². The number of nitrogens with zero attached hydrogens (tertiary/aromatic N) is 4. The molecule has 12 nitrogen and oxygen atoms in total. The van der Waals surface area contributed by atoms with Gasteiger partial charge in [0.1, 0.15) is 5.82 Å². The van der Waals surface area contributed by atoms with Gasteiger partial charge in [-0.15, -0.1) is 0 Å². The lowest BCUT2D eigenvalue weighted by Crippen LogP contribution is -2.50. The minimum Gasteiger partial charge on any atom is -0.465 e. The van der Waals surface area contributed by atoms with Crippen LogP contribution in [0, 0.1) is 0 Å². The van der Waals surface area contributed by atoms with Crippen LogP contribution in [-0.4, -0.2) is 93.4 Å². The second-order valence-corrected chi connectivity index (χ2v) is 11.1. The molecule has 4 N–H and O–H groups in total. The highest BCUT2D eigenvalue weighted by Gasteiger charge is 2.30. The number of fused-ring (bicyclic) bond motifs is 1. The van der Waals surface area contributed by atoms with Crippen LogP contribution in [0.15, 0.2) is 72.9 Å². The second kappa shape index (κ2) is 12.5. The number of nitrogens with one attached hydrogen (secondary N) is 3. The SMILES string of the molecule is CN1CCc2[nH]c(-c3ccnc(NC(=O)Cc4ccc(C(=O)N5CCN(C(=O)O)CC5)cc4)c3)c(Nc3ccccc3)c2C1=O. The summed E-state index contributed by atoms with van der Waals surface area (Å²) in [5.74, 6) is -0.133. The number of para-hydroxylation sites is 1. The maximum atomic E-state index is 13.2. The number of carbonyl (C=O) groups excluding carboxylic acids is 3. The van der Waals surface area contributed by atoms with E-state index < -0.39 is 6.09 Å². The van der Waals surface area contributed by atoms with Crippen LogP contribution in [0.2, 0.25) is 0 Å². The van der Waals surface area contributed by atoms with Gasteiger partial charge in [0.15, 0.2) is 0 Å². The lowest BCUT2D eigenvalue weighted by atomic mass is 10.0. The molecule has 0 radical (unpaired) electrons. The van der Waals surface area contributed by atoms with E-state index in [1.807, 2.05) is 36.4 Å². The van der Waals surface area contributed by atoms with Crippen molar-refractivity contribution in [3.8, 4) is 11.3 Å². The number of H-pyrrole nitrogens is 1. The summed E-state index contributed by atoms with van der Waals surface area (Å²) in [7, 11) is 1.79. The Morgan fingerprint density at radius 3 is 2.36 bits per heavy atom. The van der Waals surface area contributed by atoms with Crippen LogP contribution in [0.25, 0.3) is 11.3 Å². The molecule has 1 fully saturated rings. The molecule has 0 saturated carbocycles. The Bertz CT molecular complexity index is 1750. The minimum atomic E-state index is -0.982. The van der Waals surface area contributed by atoms with Gasteiger partial charge in [0.2, 0.25) is 5.91 Å². The number of hydrogen-bond acceptors (Lipinski definition) is 6. The molecular formula is C33H33N7O5. The van der Waals surface area contributed by atoms with Gasteiger partial charge >= 0.3 is 6.09 Å². The van der Waals surface area contributed by atoms with Gasteiger partial charge in [0.05, 0.1) is 23.4 Å². The highest BCUT2D eigenvalue weighted by atomic mass is 16.4. The van der Waals surface area contributed by atoms with Gasteiger partial charge in [0.25, 0.3) is 11.8 Å². The first-order chi connectivity index (χ1) is 21.8. The summed E-state index contributed by atoms with van der Waals surface area (Å²) in [4.78, 5) is 62.6. The first kappa shape index (κ1) is 29.4. The van der Waals surface area contributed by atoms with Gasteiger partial charge in [-0.05, 0) is 42.0 Å². The topological polar surface area (TPSA) is 151 Å². The molecule has 0 bridgehead atoms. The van der Waals surface area contributed by atoms with Crippen molar-refractivity contribution in [1.82, 2.24) is 24.7 Å². The van der Waals surface area contributed by atoms with Gasteiger partial charge in [-0.25, -0.2) is 9.78 Å². The first-order valence-electron chi connectivity index (χ1n) is 14.7. The fraction of sp³-hybridized carbons (Fsp3) is 0.242. The maximum absolute atomic E-state index is 13.2. The Morgan fingerprint density at radius 1 is 0.933 bits per heavy atom. The Kier molecular flexibility index (Phi) is 8.19. The van der Waals surface area contributed by atoms with E-state index >= 15 is 0 Å². The number of carbonyl (C=O) groups is 4. The summed E-state index contributed by atoms with van der Waals surface area (Å²) in [5.41, 5.74) is 5.69. The van der Waals surface area contributed by atoms with E-state index in [9.17, 15) is 19.2 Å². The predicted molar refractivity (Wildman–Crippen MR) is 169 cm³/mol. The summed E-state index contributed by atoms with van der Waals surface area (Å²) in [6.07, 6.45) is 1.41. The van der Waals surface area contributed by atoms with Crippen molar-refractivity contribution in [2.75, 3.05) is 50.4 Å². The second-order valence-electron chi connectivity index (χ2n) is 11.1. The number of pyridine rings is 1. The van der Waals surface area contributed by atoms with Crippen LogP contribution in [0.3, 0.4) is 0 Å². The number of aromatic nitrogens is 2. The lowest BCUT2D eigenvalue weighted by molar-refractivity contribution is -0.115. The number of benzene rings is 2. The third-order valence-electron chi connectivity index (χ3n) is 8.10. The van der Waals surface area contributed by atoms with E-state index in [4.69, 9.17) is 5.11 Å². The van der Waals surface area contributed by atoms with E-state index in [-0.39, 0.29) is 37.2 Å². The minimum absolute atomic E-state index is 0.0618. The van der Waals surface area contributed by atoms with E-state index in [0.717, 1.165) is 28.2 Å². The van der Waals surface area contributed by atoms with Gasteiger partial charge in [0, 0.05) is 74.9 Å². The van der Waals surface area contributed by atoms with Crippen LogP contribution in [0.4, 0.5) is 22.0 Å². The monoisotopic (exact) mass is 607 g/mol. The molecule has 2 aromatic carbocycles. The highest BCUT2D eigenvalue weighted by molar-refractivity contribution is 6.06. The number of amides is 4. The van der Waals surface area contributed by atoms with Crippen LogP contribution in [0.5, 0.6) is 0 Å². The molecule has 12 heteroatoms. The van der Waals surface area contributed by atoms with E-state index in [0.29, 0.717) is 48.7 Å². The summed E-state index contributed by atoms with van der Waals surface area (Å²) >= 11 is 0. The Hall–Kier alpha value is -5.65. The molecule has 0 spiro atoms. The number of rotatable bonds is 7. The molecule has 0 aliphatic carbocycles. The van der Waals surface area contributed by atoms with Crippen LogP contribution < -0.4 is 10.6 Å². The fourth-order valence-electron chi connectivity index (χ4n) is 5.63. The van der Waals surface area contributed by atoms with Crippen molar-refractivity contribution in [2.45, 2.75) is 12.8 Å². The fourth-order valence-corrected chi connectivity index (χ4v) is 5.63. The van der Waals surface area contributed by atoms with Crippen molar-refractivity contribution in [3.63, 3.8) is 0 Å². The first-order valence-corrected chi connectivity index (χ1v) is 14.7. The molecule has 2 aliphatic heterocycles. The van der Waals surface area contributed by atoms with Gasteiger partial charge in [-0.2, -0.15) is 0 Å². The zero-order chi connectivity index (χ0) is 31.5. The molecule has 1 saturated heterocycles. The predicted octanol–water partition coefficient (Wildman–Crippen LogP) is 4.07. The van der Waals surface area contributed by atoms with Gasteiger partial charge in [-0.1, -0.05) is 30.3 Å². The van der Waals surface area contributed by atoms with E-state index in [1.165, 1.54) is 4.90 Å². The van der Waals surface area contributed by atoms with Crippen LogP contribution in [0.1, 0.15) is 32.0 Å². The number of hydrogen-bond donors (Lipinski definition) is 4. The molecule has 4 heterocycles. The van der Waals surface area contributed by atoms with Crippen molar-refractivity contribution < 1.29 is 24.3 Å². The quantitative estimate of drug-likeness (QED) is 0.247. The Morgan fingerprint density at radius 2 is 1.64 bits per heavy atom. The molecule has 6 rings (SSSR count). The number of likely N-dealkylation sites (N-methyl/N-ethyl adjacent to an activating group) is 1. The zero-order valence-corrected chi connectivity index (χ0v) is 24.7. The molecule has 2 aromatic heterocycles. The van der Waals surface area contributed by atoms with E-state index in [2.05, 4.69) is 20.6 Å². The van der Waals surface area contributed by atoms with Crippen molar-refractivity contribution in [1.29, 1.82) is 0 Å². The largest absolute Gasteiger partial charge is 0.465 e. The molecule has 45 heavy (non-hydrogen) atoms. The van der Waals surface area contributed by atoms with Crippen molar-refractivity contribution >= 4 is 41.0 Å². The summed E-state index contributed by atoms with van der Waals surface area (Å²) < 4.78 is 0. The molecular weight excluding hydrogens is 574 g/mol. The Balaban J connectivity index is 1.15.